The first kappa shape index (κ1) is 24.0. The number of aromatic nitrogens is 3. The number of ether oxygens (including phenoxy) is 1. The fourth-order valence-corrected chi connectivity index (χ4v) is 6.49. The van der Waals surface area contributed by atoms with Crippen molar-refractivity contribution in [1.82, 2.24) is 19.3 Å². The van der Waals surface area contributed by atoms with Crippen LogP contribution in [0, 0.1) is 6.92 Å². The molecule has 0 unspecified atom stereocenters. The van der Waals surface area contributed by atoms with Crippen LogP contribution in [0.2, 0.25) is 0 Å². The van der Waals surface area contributed by atoms with E-state index in [2.05, 4.69) is 14.8 Å². The van der Waals surface area contributed by atoms with Gasteiger partial charge >= 0.3 is 0 Å². The number of sulfonamides is 1. The van der Waals surface area contributed by atoms with E-state index >= 15 is 0 Å². The van der Waals surface area contributed by atoms with Gasteiger partial charge in [-0.05, 0) is 39.0 Å². The summed E-state index contributed by atoms with van der Waals surface area (Å²) in [6.07, 6.45) is -1.59. The monoisotopic (exact) mass is 502 g/mol. The molecule has 0 atom stereocenters. The third kappa shape index (κ3) is 4.23. The molecule has 3 N–H and O–H groups in total. The van der Waals surface area contributed by atoms with Crippen LogP contribution in [-0.2, 0) is 15.6 Å². The van der Waals surface area contributed by atoms with Crippen LogP contribution in [0.15, 0.2) is 23.1 Å². The summed E-state index contributed by atoms with van der Waals surface area (Å²) in [7, 11) is -3.04. The molecule has 0 radical (unpaired) electrons. The van der Waals surface area contributed by atoms with Gasteiger partial charge in [0.1, 0.15) is 21.3 Å². The lowest BCUT2D eigenvalue weighted by Gasteiger charge is -2.46. The van der Waals surface area contributed by atoms with E-state index in [4.69, 9.17) is 4.74 Å². The van der Waals surface area contributed by atoms with Crippen molar-refractivity contribution in [3.8, 4) is 17.0 Å². The number of hydrogen-bond donors (Lipinski definition) is 3. The Bertz CT molecular complexity index is 1320. The second-order valence-corrected chi connectivity index (χ2v) is 11.4. The summed E-state index contributed by atoms with van der Waals surface area (Å²) in [6.45, 7) is 4.18. The maximum atomic E-state index is 13.5. The zero-order chi connectivity index (χ0) is 24.4. The second-order valence-electron chi connectivity index (χ2n) is 8.83. The van der Waals surface area contributed by atoms with Crippen LogP contribution in [0.4, 0.5) is 8.78 Å². The molecule has 1 saturated carbocycles. The molecule has 0 bridgehead atoms. The highest BCUT2D eigenvalue weighted by molar-refractivity contribution is 7.89. The smallest absolute Gasteiger partial charge is 0.251 e. The molecule has 33 heavy (non-hydrogen) atoms. The summed E-state index contributed by atoms with van der Waals surface area (Å²) in [5, 5.41) is 24.8. The minimum absolute atomic E-state index is 0.0132. The van der Waals surface area contributed by atoms with Crippen molar-refractivity contribution in [2.24, 2.45) is 0 Å². The topological polar surface area (TPSA) is 126 Å². The molecule has 9 nitrogen and oxygen atoms in total. The van der Waals surface area contributed by atoms with Crippen LogP contribution in [-0.4, -0.2) is 58.4 Å². The zero-order valence-electron chi connectivity index (χ0n) is 18.4. The highest BCUT2D eigenvalue weighted by atomic mass is 32.2. The fraction of sp³-hybridized carbons (Fsp3) is 0.500. The van der Waals surface area contributed by atoms with E-state index < -0.39 is 46.5 Å². The van der Waals surface area contributed by atoms with Gasteiger partial charge < -0.3 is 14.9 Å². The number of aliphatic hydroxyl groups is 2. The molecule has 1 aromatic carbocycles. The molecule has 0 amide bonds. The van der Waals surface area contributed by atoms with Crippen molar-refractivity contribution in [1.29, 1.82) is 0 Å². The van der Waals surface area contributed by atoms with Gasteiger partial charge in [0.25, 0.3) is 5.92 Å². The second kappa shape index (κ2) is 7.67. The van der Waals surface area contributed by atoms with Crippen LogP contribution in [0.25, 0.3) is 16.2 Å². The summed E-state index contributed by atoms with van der Waals surface area (Å²) in [5.41, 5.74) is -1.27. The van der Waals surface area contributed by atoms with E-state index in [1.54, 1.807) is 26.8 Å². The molecule has 4 rings (SSSR count). The van der Waals surface area contributed by atoms with Gasteiger partial charge in [0.2, 0.25) is 15.0 Å². The van der Waals surface area contributed by atoms with E-state index in [1.165, 1.54) is 35.1 Å². The van der Waals surface area contributed by atoms with Gasteiger partial charge in [-0.1, -0.05) is 11.3 Å². The van der Waals surface area contributed by atoms with Crippen LogP contribution < -0.4 is 9.46 Å². The number of nitrogens with one attached hydrogen (secondary N) is 1. The van der Waals surface area contributed by atoms with Crippen molar-refractivity contribution >= 4 is 26.3 Å². The third-order valence-corrected chi connectivity index (χ3v) is 8.30. The highest BCUT2D eigenvalue weighted by Crippen LogP contribution is 2.46. The van der Waals surface area contributed by atoms with Crippen LogP contribution in [0.3, 0.4) is 0 Å². The molecule has 180 valence electrons. The molecular formula is C20H24F2N4O5S2. The molecule has 0 saturated heterocycles. The first-order chi connectivity index (χ1) is 15.2. The lowest BCUT2D eigenvalue weighted by atomic mass is 9.75. The first-order valence-corrected chi connectivity index (χ1v) is 12.3. The summed E-state index contributed by atoms with van der Waals surface area (Å²) in [6, 6.07) is 4.44. The van der Waals surface area contributed by atoms with Crippen molar-refractivity contribution < 1.29 is 32.1 Å². The van der Waals surface area contributed by atoms with Crippen molar-refractivity contribution in [2.75, 3.05) is 13.7 Å². The maximum absolute atomic E-state index is 13.5. The summed E-state index contributed by atoms with van der Waals surface area (Å²) < 4.78 is 62.3. The van der Waals surface area contributed by atoms with Gasteiger partial charge in [0.15, 0.2) is 0 Å². The number of imidazole rings is 1. The van der Waals surface area contributed by atoms with E-state index in [0.717, 1.165) is 0 Å². The fourth-order valence-electron chi connectivity index (χ4n) is 3.96. The number of methoxy groups -OCH3 is 1. The van der Waals surface area contributed by atoms with Crippen LogP contribution >= 0.6 is 11.3 Å². The summed E-state index contributed by atoms with van der Waals surface area (Å²) in [5.74, 6) is -3.03. The van der Waals surface area contributed by atoms with E-state index in [-0.39, 0.29) is 10.6 Å². The largest absolute Gasteiger partial charge is 0.495 e. The maximum Gasteiger partial charge on any atom is 0.251 e. The third-order valence-electron chi connectivity index (χ3n) is 5.48. The van der Waals surface area contributed by atoms with Gasteiger partial charge in [-0.15, -0.1) is 0 Å². The molecule has 0 aliphatic heterocycles. The molecule has 13 heteroatoms. The van der Waals surface area contributed by atoms with Gasteiger partial charge in [0.05, 0.1) is 30.6 Å². The Labute approximate surface area is 193 Å². The Kier molecular flexibility index (Phi) is 5.56. The van der Waals surface area contributed by atoms with Gasteiger partial charge in [-0.3, -0.25) is 0 Å². The lowest BCUT2D eigenvalue weighted by molar-refractivity contribution is -0.139. The van der Waals surface area contributed by atoms with E-state index in [9.17, 15) is 27.4 Å². The number of nitrogens with zero attached hydrogens (tertiary/aromatic N) is 3. The Balaban J connectivity index is 1.80. The van der Waals surface area contributed by atoms with Crippen molar-refractivity contribution in [3.05, 3.63) is 28.9 Å². The van der Waals surface area contributed by atoms with Crippen molar-refractivity contribution in [3.63, 3.8) is 0 Å². The number of hydrogen-bond acceptors (Lipinski definition) is 8. The molecular weight excluding hydrogens is 478 g/mol. The predicted molar refractivity (Wildman–Crippen MR) is 117 cm³/mol. The van der Waals surface area contributed by atoms with E-state index in [1.807, 2.05) is 0 Å². The number of alkyl halides is 2. The number of benzene rings is 1. The SMILES string of the molecule is COc1ccc(-c2c(C)nc3sc(C(C)(C)O)nn23)cc1S(=O)(=O)NC1(CO)CC(F)(F)C1. The number of fused-ring (bicyclic) bond motifs is 1. The molecule has 1 aliphatic rings. The minimum Gasteiger partial charge on any atom is -0.495 e. The molecule has 3 aromatic rings. The Morgan fingerprint density at radius 2 is 2.00 bits per heavy atom. The lowest BCUT2D eigenvalue weighted by Crippen LogP contribution is -2.64. The number of aryl methyl sites for hydroxylation is 1. The zero-order valence-corrected chi connectivity index (χ0v) is 20.0. The average Bonchev–Trinajstić information content (AvgIpc) is 3.22. The Hall–Kier alpha value is -2.19. The van der Waals surface area contributed by atoms with Crippen LogP contribution in [0.1, 0.15) is 37.4 Å². The molecule has 2 aromatic heterocycles. The Morgan fingerprint density at radius 1 is 1.33 bits per heavy atom. The standard InChI is InChI=1S/C20H24F2N4O5S2/c1-11-15(26-17(23-11)32-16(24-26)18(2,3)28)12-5-6-13(31-4)14(7-12)33(29,30)25-19(10-27)8-20(21,22)9-19/h5-7,25,27-28H,8-10H2,1-4H3. The Morgan fingerprint density at radius 3 is 2.55 bits per heavy atom. The highest BCUT2D eigenvalue weighted by Gasteiger charge is 2.58. The number of aliphatic hydroxyl groups excluding tert-OH is 1. The predicted octanol–water partition coefficient (Wildman–Crippen LogP) is 2.44. The van der Waals surface area contributed by atoms with Gasteiger partial charge in [-0.25, -0.2) is 31.4 Å². The molecule has 0 spiro atoms. The summed E-state index contributed by atoms with van der Waals surface area (Å²) in [4.78, 5) is 4.72. The quantitative estimate of drug-likeness (QED) is 0.453. The molecule has 2 heterocycles. The number of halogens is 2. The normalized spacial score (nSPS) is 17.8. The molecule has 1 fully saturated rings. The van der Waals surface area contributed by atoms with Gasteiger partial charge in [0, 0.05) is 18.4 Å². The van der Waals surface area contributed by atoms with Crippen LogP contribution in [0.5, 0.6) is 5.75 Å². The summed E-state index contributed by atoms with van der Waals surface area (Å²) >= 11 is 1.21. The van der Waals surface area contributed by atoms with E-state index in [0.29, 0.717) is 26.9 Å². The average molecular weight is 503 g/mol. The minimum atomic E-state index is -4.34. The number of rotatable bonds is 7. The molecule has 1 aliphatic carbocycles. The first-order valence-electron chi connectivity index (χ1n) is 10.0. The van der Waals surface area contributed by atoms with Crippen molar-refractivity contribution in [2.45, 2.75) is 55.6 Å². The van der Waals surface area contributed by atoms with Gasteiger partial charge in [-0.2, -0.15) is 5.10 Å².